The number of nitrogens with two attached hydrogens (primary N) is 3. The van der Waals surface area contributed by atoms with Gasteiger partial charge in [0, 0.05) is 55.9 Å². The van der Waals surface area contributed by atoms with Crippen LogP contribution in [0.25, 0.3) is 0 Å². The van der Waals surface area contributed by atoms with Gasteiger partial charge in [0.2, 0.25) is 0 Å². The van der Waals surface area contributed by atoms with Crippen molar-refractivity contribution in [2.45, 2.75) is 32.5 Å². The summed E-state index contributed by atoms with van der Waals surface area (Å²) in [7, 11) is 34.9. The standard InChI is InChI=1S/C26H48N6O4.C21H38N4O4.C8H16NO2.C7H10N2.5ClH/c1-27-20-28(2)22-30(21-27)24-11-9-23(10-12-24)19-29(26(34)36-18-16-32(6,7)8)14-13-25(33)35-17-15-31(3,4)5;1-24(2,3)13-15-28-20(26)11-12-23(17-18-7-9-19(22)10-8-18)21(27)29-16-14-25(4,5)6;1-5-8(10)11-7-6-9(2,3)4;8-5-6-1-3-7(9)4-2-6;;;;;/h9-12H,13-22H2,1-8H3;7-10H,11-17,22H2,1-6H3;5H,1,6-7H2,2-4H3;1-4H,5,8-9H2;5*1H/q2*+2;+1;;;;;;/p-4. The lowest BCUT2D eigenvalue weighted by Gasteiger charge is -2.40. The van der Waals surface area contributed by atoms with Gasteiger partial charge in [0.15, 0.2) is 0 Å². The average Bonchev–Trinajstić information content (AvgIpc) is 3.42. The van der Waals surface area contributed by atoms with Crippen LogP contribution < -0.4 is 71.7 Å². The lowest BCUT2D eigenvalue weighted by atomic mass is 10.2. The summed E-state index contributed by atoms with van der Waals surface area (Å²) in [5.41, 5.74) is 22.1. The van der Waals surface area contributed by atoms with Crippen LogP contribution in [-0.4, -0.2) is 291 Å². The van der Waals surface area contributed by atoms with Crippen molar-refractivity contribution in [2.24, 2.45) is 5.73 Å². The van der Waals surface area contributed by atoms with Gasteiger partial charge in [-0.3, -0.25) is 19.4 Å². The molecule has 28 heteroatoms. The summed E-state index contributed by atoms with van der Waals surface area (Å²) in [5.74, 6) is -0.973. The van der Waals surface area contributed by atoms with Crippen LogP contribution in [0.5, 0.6) is 0 Å². The summed E-state index contributed by atoms with van der Waals surface area (Å²) in [6.07, 6.45) is 0.582. The molecule has 23 nitrogen and oxygen atoms in total. The Morgan fingerprint density at radius 3 is 1.06 bits per heavy atom. The van der Waals surface area contributed by atoms with Crippen LogP contribution in [0.15, 0.2) is 85.5 Å². The Hall–Kier alpha value is -5.12. The number of esters is 3. The summed E-state index contributed by atoms with van der Waals surface area (Å²) >= 11 is 0. The summed E-state index contributed by atoms with van der Waals surface area (Å²) < 4.78 is 30.1. The van der Waals surface area contributed by atoms with Gasteiger partial charge in [0.25, 0.3) is 0 Å². The summed E-state index contributed by atoms with van der Waals surface area (Å²) in [4.78, 5) is 70.3. The maximum absolute atomic E-state index is 12.9. The van der Waals surface area contributed by atoms with Gasteiger partial charge >= 0.3 is 30.1 Å². The largest absolute Gasteiger partial charge is 1.00 e. The minimum absolute atomic E-state index is 0. The van der Waals surface area contributed by atoms with Crippen LogP contribution in [0.1, 0.15) is 29.5 Å². The number of anilines is 3. The number of benzene rings is 3. The highest BCUT2D eigenvalue weighted by molar-refractivity contribution is 5.85. The zero-order valence-electron chi connectivity index (χ0n) is 57.1. The maximum atomic E-state index is 12.9. The quantitative estimate of drug-likeness (QED) is 0.0202. The molecule has 1 aliphatic heterocycles. The first-order valence-corrected chi connectivity index (χ1v) is 28.9. The molecule has 6 N–H and O–H groups in total. The maximum Gasteiger partial charge on any atom is 0.410 e. The molecule has 520 valence electrons. The van der Waals surface area contributed by atoms with E-state index in [4.69, 9.17) is 40.9 Å². The van der Waals surface area contributed by atoms with E-state index < -0.39 is 12.2 Å². The Bertz CT molecular complexity index is 2430. The summed E-state index contributed by atoms with van der Waals surface area (Å²) in [6.45, 7) is 13.2. The number of amides is 2. The molecular formula is C62H113Cl5N13O10+. The van der Waals surface area contributed by atoms with Gasteiger partial charge in [-0.2, -0.15) is 0 Å². The number of rotatable bonds is 28. The highest BCUT2D eigenvalue weighted by Gasteiger charge is 2.23. The molecule has 0 aliphatic carbocycles. The average molecular weight is 1380 g/mol. The molecule has 1 aliphatic rings. The molecule has 0 spiro atoms. The molecule has 0 aromatic heterocycles. The first-order valence-electron chi connectivity index (χ1n) is 28.9. The van der Waals surface area contributed by atoms with Gasteiger partial charge in [-0.05, 0) is 67.2 Å². The van der Waals surface area contributed by atoms with Crippen molar-refractivity contribution in [3.63, 3.8) is 0 Å². The molecule has 1 saturated heterocycles. The number of carbonyl (C=O) groups excluding carboxylic acids is 5. The molecule has 0 radical (unpaired) electrons. The molecule has 2 amide bonds. The smallest absolute Gasteiger partial charge is 0.410 e. The van der Waals surface area contributed by atoms with Crippen LogP contribution in [0.3, 0.4) is 0 Å². The van der Waals surface area contributed by atoms with Crippen molar-refractivity contribution >= 4 is 59.6 Å². The Labute approximate surface area is 571 Å². The predicted octanol–water partition coefficient (Wildman–Crippen LogP) is -7.33. The van der Waals surface area contributed by atoms with Crippen LogP contribution in [0.4, 0.5) is 26.7 Å². The number of nitrogen functional groups attached to an aromatic ring is 2. The van der Waals surface area contributed by atoms with Crippen molar-refractivity contribution in [1.29, 1.82) is 0 Å². The molecular weight excluding hydrogens is 1260 g/mol. The molecule has 0 unspecified atom stereocenters. The van der Waals surface area contributed by atoms with Crippen LogP contribution in [-0.2, 0) is 57.7 Å². The van der Waals surface area contributed by atoms with E-state index in [0.29, 0.717) is 80.4 Å². The van der Waals surface area contributed by atoms with Gasteiger partial charge in [0.05, 0.1) is 139 Å². The topological polar surface area (TPSA) is 226 Å². The second-order valence-electron chi connectivity index (χ2n) is 26.5. The Morgan fingerprint density at radius 2 is 0.756 bits per heavy atom. The second-order valence-corrected chi connectivity index (χ2v) is 26.5. The van der Waals surface area contributed by atoms with E-state index in [1.54, 1.807) is 17.0 Å². The molecule has 3 aromatic rings. The Morgan fingerprint density at radius 1 is 0.467 bits per heavy atom. The van der Waals surface area contributed by atoms with Crippen LogP contribution in [0.2, 0.25) is 0 Å². The van der Waals surface area contributed by atoms with Crippen LogP contribution >= 0.6 is 12.4 Å². The van der Waals surface area contributed by atoms with E-state index in [2.05, 4.69) is 89.8 Å². The number of likely N-dealkylation sites (N-methyl/N-ethyl adjacent to an activating group) is 5. The fraction of sp³-hybridized carbons (Fsp3) is 0.597. The highest BCUT2D eigenvalue weighted by Crippen LogP contribution is 2.20. The fourth-order valence-corrected chi connectivity index (χ4v) is 7.23. The zero-order chi connectivity index (χ0) is 64.6. The SMILES string of the molecule is C=CC(=O)OCC[N+](C)(C)C.CN1CN(C)CN(c2ccc(CN(CCC(=O)OCC[N+](C)(C)C)C(=O)OCC[N+](C)(C)C)cc2)C1.C[N+](C)(C)CCOC(=O)CCN(Cc1ccc(N)cc1)C(=O)OCC[N+](C)(C)C.Cl.NCc1ccc(N)cc1.[Cl-].[Cl-].[Cl-].[Cl-]. The third-order valence-electron chi connectivity index (χ3n) is 12.4. The summed E-state index contributed by atoms with van der Waals surface area (Å²) in [5, 5.41) is 0. The lowest BCUT2D eigenvalue weighted by Crippen LogP contribution is -3.00. The van der Waals surface area contributed by atoms with Crippen molar-refractivity contribution in [3.8, 4) is 0 Å². The molecule has 3 aromatic carbocycles. The van der Waals surface area contributed by atoms with E-state index in [1.165, 1.54) is 11.0 Å². The normalized spacial score (nSPS) is 12.3. The Kier molecular flexibility index (Phi) is 48.7. The number of hydrogen-bond acceptors (Lipinski definition) is 16. The van der Waals surface area contributed by atoms with Gasteiger partial charge in [-0.15, -0.1) is 12.4 Å². The number of ether oxygens (including phenoxy) is 5. The lowest BCUT2D eigenvalue weighted by molar-refractivity contribution is -0.870. The molecule has 0 bridgehead atoms. The monoisotopic (exact) mass is 1370 g/mol. The first kappa shape index (κ1) is 93.6. The minimum atomic E-state index is -0.436. The first-order chi connectivity index (χ1) is 39.4. The van der Waals surface area contributed by atoms with Gasteiger partial charge in [-0.25, -0.2) is 14.4 Å². The molecule has 1 heterocycles. The zero-order valence-corrected chi connectivity index (χ0v) is 60.9. The fourth-order valence-electron chi connectivity index (χ4n) is 7.23. The highest BCUT2D eigenvalue weighted by atomic mass is 35.5. The van der Waals surface area contributed by atoms with E-state index in [0.717, 1.165) is 81.2 Å². The van der Waals surface area contributed by atoms with Crippen molar-refractivity contribution in [3.05, 3.63) is 102 Å². The second kappa shape index (κ2) is 46.9. The van der Waals surface area contributed by atoms with E-state index >= 15 is 0 Å². The summed E-state index contributed by atoms with van der Waals surface area (Å²) in [6, 6.07) is 23.1. The number of quaternary nitrogens is 5. The predicted molar refractivity (Wildman–Crippen MR) is 346 cm³/mol. The van der Waals surface area contributed by atoms with Gasteiger partial charge in [-0.1, -0.05) is 43.0 Å². The van der Waals surface area contributed by atoms with Crippen molar-refractivity contribution in [2.75, 3.05) is 235 Å². The third kappa shape index (κ3) is 49.6. The number of carbonyl (C=O) groups is 5. The van der Waals surface area contributed by atoms with Crippen molar-refractivity contribution in [1.82, 2.24) is 19.6 Å². The minimum Gasteiger partial charge on any atom is -1.00 e. The molecule has 4 rings (SSSR count). The molecule has 90 heavy (non-hydrogen) atoms. The molecule has 1 fully saturated rings. The van der Waals surface area contributed by atoms with E-state index in [-0.39, 0.29) is 106 Å². The molecule has 0 saturated carbocycles. The third-order valence-corrected chi connectivity index (χ3v) is 12.4. The van der Waals surface area contributed by atoms with E-state index in [9.17, 15) is 24.0 Å². The van der Waals surface area contributed by atoms with Gasteiger partial charge < -0.3 is 128 Å². The van der Waals surface area contributed by atoms with Crippen LogP contribution in [0, 0.1) is 0 Å². The molecule has 0 atom stereocenters. The van der Waals surface area contributed by atoms with Gasteiger partial charge in [0.1, 0.15) is 65.8 Å². The van der Waals surface area contributed by atoms with E-state index in [1.807, 2.05) is 112 Å². The number of nitrogens with zero attached hydrogens (tertiary/aromatic N) is 10. The Balaban J connectivity index is -0.000000396. The van der Waals surface area contributed by atoms with Crippen molar-refractivity contribution < 1.29 is 120 Å². The number of hydrogen-bond donors (Lipinski definition) is 3. The number of halogens is 5.